The van der Waals surface area contributed by atoms with Crippen molar-refractivity contribution in [2.75, 3.05) is 17.2 Å². The largest absolute Gasteiger partial charge is 0.393 e. The number of nitrogen functional groups attached to an aromatic ring is 1. The molecular formula is C16H17N3O2. The predicted octanol–water partition coefficient (Wildman–Crippen LogP) is 3.13. The molecule has 0 unspecified atom stereocenters. The minimum absolute atomic E-state index is 0.0334. The minimum Gasteiger partial charge on any atom is -0.393 e. The molecule has 0 amide bonds. The third kappa shape index (κ3) is 2.67. The Morgan fingerprint density at radius 3 is 2.62 bits per heavy atom. The van der Waals surface area contributed by atoms with Crippen LogP contribution in [0.2, 0.25) is 0 Å². The van der Waals surface area contributed by atoms with E-state index in [4.69, 9.17) is 5.73 Å². The van der Waals surface area contributed by atoms with E-state index < -0.39 is 4.92 Å². The fourth-order valence-corrected chi connectivity index (χ4v) is 2.83. The third-order valence-corrected chi connectivity index (χ3v) is 3.93. The predicted molar refractivity (Wildman–Crippen MR) is 83.3 cm³/mol. The minimum atomic E-state index is -0.448. The second kappa shape index (κ2) is 5.44. The monoisotopic (exact) mass is 283 g/mol. The first-order valence-electron chi connectivity index (χ1n) is 7.01. The first-order valence-corrected chi connectivity index (χ1v) is 7.01. The molecule has 1 aliphatic heterocycles. The normalized spacial score (nSPS) is 14.4. The van der Waals surface area contributed by atoms with Gasteiger partial charge in [-0.3, -0.25) is 10.1 Å². The van der Waals surface area contributed by atoms with E-state index in [2.05, 4.69) is 23.1 Å². The van der Waals surface area contributed by atoms with Gasteiger partial charge in [-0.15, -0.1) is 0 Å². The van der Waals surface area contributed by atoms with E-state index in [-0.39, 0.29) is 11.4 Å². The molecule has 0 aliphatic carbocycles. The molecule has 0 radical (unpaired) electrons. The molecule has 0 bridgehead atoms. The number of rotatable bonds is 2. The molecule has 0 saturated carbocycles. The molecule has 0 atom stereocenters. The Balaban J connectivity index is 1.91. The molecule has 21 heavy (non-hydrogen) atoms. The van der Waals surface area contributed by atoms with Gasteiger partial charge in [0, 0.05) is 24.8 Å². The highest BCUT2D eigenvalue weighted by Crippen LogP contribution is 2.29. The number of hydrogen-bond acceptors (Lipinski definition) is 4. The first kappa shape index (κ1) is 13.4. The van der Waals surface area contributed by atoms with Gasteiger partial charge in [-0.1, -0.05) is 24.3 Å². The summed E-state index contributed by atoms with van der Waals surface area (Å²) in [7, 11) is 0. The highest BCUT2D eigenvalue weighted by molar-refractivity contribution is 5.66. The summed E-state index contributed by atoms with van der Waals surface area (Å²) in [5.74, 6) is 0. The Bertz CT molecular complexity index is 685. The van der Waals surface area contributed by atoms with E-state index in [1.165, 1.54) is 17.2 Å². The molecule has 1 aliphatic rings. The SMILES string of the molecule is Nc1cc(N2CCCc3ccccc3C2)ccc1[N+](=O)[O-]. The number of nitro benzene ring substituents is 1. The molecule has 0 aromatic heterocycles. The van der Waals surface area contributed by atoms with Gasteiger partial charge in [0.05, 0.1) is 4.92 Å². The number of nitro groups is 1. The standard InChI is InChI=1S/C16H17N3O2/c17-15-10-14(7-8-16(15)19(20)21)18-9-3-6-12-4-1-2-5-13(12)11-18/h1-2,4-5,7-8,10H,3,6,9,11,17H2. The van der Waals surface area contributed by atoms with E-state index in [9.17, 15) is 10.1 Å². The molecule has 0 spiro atoms. The van der Waals surface area contributed by atoms with Crippen LogP contribution in [0.1, 0.15) is 17.5 Å². The highest BCUT2D eigenvalue weighted by Gasteiger charge is 2.17. The summed E-state index contributed by atoms with van der Waals surface area (Å²) in [4.78, 5) is 12.6. The quantitative estimate of drug-likeness (QED) is 0.522. The molecule has 5 heteroatoms. The average molecular weight is 283 g/mol. The second-order valence-corrected chi connectivity index (χ2v) is 5.29. The molecule has 5 nitrogen and oxygen atoms in total. The molecule has 3 rings (SSSR count). The number of nitrogens with two attached hydrogens (primary N) is 1. The second-order valence-electron chi connectivity index (χ2n) is 5.29. The topological polar surface area (TPSA) is 72.4 Å². The molecule has 1 heterocycles. The van der Waals surface area contributed by atoms with Crippen molar-refractivity contribution in [2.24, 2.45) is 0 Å². The lowest BCUT2D eigenvalue weighted by Gasteiger charge is -2.23. The fourth-order valence-electron chi connectivity index (χ4n) is 2.83. The van der Waals surface area contributed by atoms with Gasteiger partial charge in [-0.05, 0) is 36.1 Å². The lowest BCUT2D eigenvalue weighted by molar-refractivity contribution is -0.383. The summed E-state index contributed by atoms with van der Waals surface area (Å²) in [6.07, 6.45) is 2.13. The van der Waals surface area contributed by atoms with Gasteiger partial charge >= 0.3 is 0 Å². The van der Waals surface area contributed by atoms with Crippen molar-refractivity contribution in [1.29, 1.82) is 0 Å². The van der Waals surface area contributed by atoms with Crippen LogP contribution in [-0.2, 0) is 13.0 Å². The summed E-state index contributed by atoms with van der Waals surface area (Å²) < 4.78 is 0. The molecule has 108 valence electrons. The van der Waals surface area contributed by atoms with Crippen LogP contribution in [0.5, 0.6) is 0 Å². The molecule has 2 aromatic carbocycles. The Morgan fingerprint density at radius 2 is 1.90 bits per heavy atom. The number of benzene rings is 2. The Kier molecular flexibility index (Phi) is 3.48. The number of anilines is 2. The van der Waals surface area contributed by atoms with E-state index in [1.807, 2.05) is 6.07 Å². The van der Waals surface area contributed by atoms with Gasteiger partial charge in [-0.2, -0.15) is 0 Å². The Morgan fingerprint density at radius 1 is 1.14 bits per heavy atom. The summed E-state index contributed by atoms with van der Waals surface area (Å²) in [6.45, 7) is 1.74. The smallest absolute Gasteiger partial charge is 0.292 e. The summed E-state index contributed by atoms with van der Waals surface area (Å²) in [5, 5.41) is 10.8. The van der Waals surface area contributed by atoms with Crippen molar-refractivity contribution < 1.29 is 4.92 Å². The van der Waals surface area contributed by atoms with E-state index in [1.54, 1.807) is 12.1 Å². The van der Waals surface area contributed by atoms with Crippen LogP contribution in [0.25, 0.3) is 0 Å². The number of nitrogens with zero attached hydrogens (tertiary/aromatic N) is 2. The zero-order valence-electron chi connectivity index (χ0n) is 11.7. The van der Waals surface area contributed by atoms with Crippen LogP contribution in [-0.4, -0.2) is 11.5 Å². The van der Waals surface area contributed by atoms with Crippen molar-refractivity contribution >= 4 is 17.1 Å². The first-order chi connectivity index (χ1) is 10.1. The van der Waals surface area contributed by atoms with E-state index in [0.29, 0.717) is 0 Å². The van der Waals surface area contributed by atoms with Gasteiger partial charge < -0.3 is 10.6 Å². The molecular weight excluding hydrogens is 266 g/mol. The van der Waals surface area contributed by atoms with Crippen LogP contribution in [0.3, 0.4) is 0 Å². The van der Waals surface area contributed by atoms with Crippen LogP contribution in [0.4, 0.5) is 17.1 Å². The Labute approximate surface area is 123 Å². The fraction of sp³-hybridized carbons (Fsp3) is 0.250. The van der Waals surface area contributed by atoms with Gasteiger partial charge in [0.2, 0.25) is 0 Å². The highest BCUT2D eigenvalue weighted by atomic mass is 16.6. The lowest BCUT2D eigenvalue weighted by Crippen LogP contribution is -2.22. The van der Waals surface area contributed by atoms with Crippen molar-refractivity contribution in [2.45, 2.75) is 19.4 Å². The molecule has 0 fully saturated rings. The van der Waals surface area contributed by atoms with Crippen LogP contribution < -0.4 is 10.6 Å². The van der Waals surface area contributed by atoms with Gasteiger partial charge in [0.15, 0.2) is 0 Å². The zero-order chi connectivity index (χ0) is 14.8. The van der Waals surface area contributed by atoms with Gasteiger partial charge in [0.25, 0.3) is 5.69 Å². The Hall–Kier alpha value is -2.56. The van der Waals surface area contributed by atoms with Crippen molar-refractivity contribution in [3.63, 3.8) is 0 Å². The summed E-state index contributed by atoms with van der Waals surface area (Å²) in [5.41, 5.74) is 9.61. The number of fused-ring (bicyclic) bond motifs is 1. The van der Waals surface area contributed by atoms with Crippen molar-refractivity contribution in [3.8, 4) is 0 Å². The van der Waals surface area contributed by atoms with E-state index >= 15 is 0 Å². The van der Waals surface area contributed by atoms with E-state index in [0.717, 1.165) is 31.6 Å². The maximum atomic E-state index is 10.8. The van der Waals surface area contributed by atoms with Gasteiger partial charge in [-0.25, -0.2) is 0 Å². The molecule has 2 aromatic rings. The maximum absolute atomic E-state index is 10.8. The average Bonchev–Trinajstić information content (AvgIpc) is 2.68. The number of hydrogen-bond donors (Lipinski definition) is 1. The van der Waals surface area contributed by atoms with Crippen LogP contribution in [0, 0.1) is 10.1 Å². The van der Waals surface area contributed by atoms with Crippen molar-refractivity contribution in [3.05, 3.63) is 63.7 Å². The van der Waals surface area contributed by atoms with Crippen LogP contribution in [0.15, 0.2) is 42.5 Å². The summed E-state index contributed by atoms with van der Waals surface area (Å²) in [6, 6.07) is 13.4. The van der Waals surface area contributed by atoms with Crippen LogP contribution >= 0.6 is 0 Å². The maximum Gasteiger partial charge on any atom is 0.292 e. The molecule has 0 saturated heterocycles. The van der Waals surface area contributed by atoms with Crippen molar-refractivity contribution in [1.82, 2.24) is 0 Å². The zero-order valence-corrected chi connectivity index (χ0v) is 11.7. The molecule has 2 N–H and O–H groups in total. The summed E-state index contributed by atoms with van der Waals surface area (Å²) >= 11 is 0. The van der Waals surface area contributed by atoms with Gasteiger partial charge in [0.1, 0.15) is 5.69 Å². The third-order valence-electron chi connectivity index (χ3n) is 3.93. The number of aryl methyl sites for hydroxylation is 1. The lowest BCUT2D eigenvalue weighted by atomic mass is 10.0.